The standard InChI is InChI=1S/C27H22N8O3.ClH/c1-16-14-25(34-27(28)30-16)32-19-6-8-20(9-7-19)33-26(36)17-2-4-18(5-3-17)31-24-12-13-29-23-11-10-21(35(37)38)15-22(23)24;/h2-15H,1H3,(H,29,31)(H,33,36)(H3,28,30,32,34);1H. The normalized spacial score (nSPS) is 10.4. The topological polar surface area (TPSA) is 161 Å². The number of carbonyl (C=O) groups is 1. The van der Waals surface area contributed by atoms with Crippen LogP contribution in [0.4, 0.5) is 40.2 Å². The highest BCUT2D eigenvalue weighted by molar-refractivity contribution is 6.04. The lowest BCUT2D eigenvalue weighted by Crippen LogP contribution is -2.11. The maximum Gasteiger partial charge on any atom is 0.270 e. The Bertz CT molecular complexity index is 1640. The van der Waals surface area contributed by atoms with Gasteiger partial charge in [0.1, 0.15) is 5.82 Å². The van der Waals surface area contributed by atoms with E-state index in [-0.39, 0.29) is 29.9 Å². The molecular formula is C27H23ClN8O3. The Morgan fingerprint density at radius 2 is 1.54 bits per heavy atom. The van der Waals surface area contributed by atoms with E-state index in [0.29, 0.717) is 33.7 Å². The van der Waals surface area contributed by atoms with Gasteiger partial charge in [0.25, 0.3) is 11.6 Å². The maximum atomic E-state index is 12.8. The molecule has 1 amide bonds. The van der Waals surface area contributed by atoms with Gasteiger partial charge in [0.15, 0.2) is 0 Å². The highest BCUT2D eigenvalue weighted by Gasteiger charge is 2.11. The first kappa shape index (κ1) is 26.8. The van der Waals surface area contributed by atoms with Crippen LogP contribution in [0.1, 0.15) is 16.1 Å². The number of hydrogen-bond acceptors (Lipinski definition) is 9. The van der Waals surface area contributed by atoms with E-state index in [1.54, 1.807) is 60.8 Å². The zero-order chi connectivity index (χ0) is 26.6. The molecule has 39 heavy (non-hydrogen) atoms. The van der Waals surface area contributed by atoms with Gasteiger partial charge in [0, 0.05) is 63.8 Å². The highest BCUT2D eigenvalue weighted by Crippen LogP contribution is 2.28. The SMILES string of the molecule is Cc1cc(Nc2ccc(NC(=O)c3ccc(Nc4ccnc5ccc([N+](=O)[O-])cc45)cc3)cc2)nc(N)n1.Cl. The van der Waals surface area contributed by atoms with Crippen LogP contribution in [0.25, 0.3) is 10.9 Å². The summed E-state index contributed by atoms with van der Waals surface area (Å²) < 4.78 is 0. The summed E-state index contributed by atoms with van der Waals surface area (Å²) >= 11 is 0. The summed E-state index contributed by atoms with van der Waals surface area (Å²) in [5, 5.41) is 21.1. The number of nitrogens with zero attached hydrogens (tertiary/aromatic N) is 4. The largest absolute Gasteiger partial charge is 0.368 e. The van der Waals surface area contributed by atoms with Gasteiger partial charge in [-0.15, -0.1) is 12.4 Å². The number of halogens is 1. The Morgan fingerprint density at radius 3 is 2.23 bits per heavy atom. The average Bonchev–Trinajstić information content (AvgIpc) is 2.89. The minimum atomic E-state index is -0.441. The number of non-ortho nitro benzene ring substituents is 1. The summed E-state index contributed by atoms with van der Waals surface area (Å²) in [5.74, 6) is 0.510. The van der Waals surface area contributed by atoms with Gasteiger partial charge in [0.05, 0.1) is 10.4 Å². The Kier molecular flexibility index (Phi) is 7.82. The number of amides is 1. The molecule has 5 aromatic rings. The van der Waals surface area contributed by atoms with E-state index < -0.39 is 4.92 Å². The molecule has 196 valence electrons. The Morgan fingerprint density at radius 1 is 0.872 bits per heavy atom. The van der Waals surface area contributed by atoms with Crippen LogP contribution >= 0.6 is 12.4 Å². The molecule has 0 spiro atoms. The number of pyridine rings is 1. The van der Waals surface area contributed by atoms with Crippen molar-refractivity contribution in [3.05, 3.63) is 106 Å². The molecule has 12 heteroatoms. The zero-order valence-electron chi connectivity index (χ0n) is 20.6. The molecule has 0 atom stereocenters. The van der Waals surface area contributed by atoms with E-state index in [9.17, 15) is 14.9 Å². The second-order valence-corrected chi connectivity index (χ2v) is 8.43. The summed E-state index contributed by atoms with van der Waals surface area (Å²) in [6.45, 7) is 1.83. The first-order valence-electron chi connectivity index (χ1n) is 11.5. The van der Waals surface area contributed by atoms with E-state index >= 15 is 0 Å². The Labute approximate surface area is 229 Å². The number of rotatable bonds is 7. The highest BCUT2D eigenvalue weighted by atomic mass is 35.5. The molecule has 0 unspecified atom stereocenters. The number of nitro benzene ring substituents is 1. The minimum Gasteiger partial charge on any atom is -0.368 e. The predicted molar refractivity (Wildman–Crippen MR) is 154 cm³/mol. The summed E-state index contributed by atoms with van der Waals surface area (Å²) in [5.41, 5.74) is 10.3. The fourth-order valence-corrected chi connectivity index (χ4v) is 3.86. The average molecular weight is 543 g/mol. The van der Waals surface area contributed by atoms with E-state index in [2.05, 4.69) is 30.9 Å². The molecule has 3 aromatic carbocycles. The number of fused-ring (bicyclic) bond motifs is 1. The van der Waals surface area contributed by atoms with Gasteiger partial charge in [-0.1, -0.05) is 0 Å². The van der Waals surface area contributed by atoms with Crippen molar-refractivity contribution < 1.29 is 9.72 Å². The summed E-state index contributed by atoms with van der Waals surface area (Å²) in [6.07, 6.45) is 1.63. The van der Waals surface area contributed by atoms with Crippen molar-refractivity contribution in [2.45, 2.75) is 6.92 Å². The summed E-state index contributed by atoms with van der Waals surface area (Å²) in [7, 11) is 0. The summed E-state index contributed by atoms with van der Waals surface area (Å²) in [4.78, 5) is 36.0. The van der Waals surface area contributed by atoms with E-state index in [1.165, 1.54) is 12.1 Å². The van der Waals surface area contributed by atoms with Gasteiger partial charge in [0.2, 0.25) is 5.95 Å². The maximum absolute atomic E-state index is 12.8. The number of aromatic nitrogens is 3. The van der Waals surface area contributed by atoms with Crippen molar-refractivity contribution in [3.8, 4) is 0 Å². The monoisotopic (exact) mass is 542 g/mol. The zero-order valence-corrected chi connectivity index (χ0v) is 21.4. The molecule has 5 rings (SSSR count). The van der Waals surface area contributed by atoms with Crippen LogP contribution in [0.2, 0.25) is 0 Å². The van der Waals surface area contributed by atoms with Gasteiger partial charge in [-0.25, -0.2) is 4.98 Å². The van der Waals surface area contributed by atoms with Crippen LogP contribution in [-0.2, 0) is 0 Å². The van der Waals surface area contributed by atoms with Crippen molar-refractivity contribution in [1.82, 2.24) is 15.0 Å². The predicted octanol–water partition coefficient (Wildman–Crippen LogP) is 5.98. The number of nitrogens with one attached hydrogen (secondary N) is 3. The van der Waals surface area contributed by atoms with Crippen molar-refractivity contribution in [3.63, 3.8) is 0 Å². The third-order valence-corrected chi connectivity index (χ3v) is 5.65. The molecular weight excluding hydrogens is 520 g/mol. The van der Waals surface area contributed by atoms with Crippen LogP contribution in [-0.4, -0.2) is 25.8 Å². The molecule has 5 N–H and O–H groups in total. The van der Waals surface area contributed by atoms with E-state index in [4.69, 9.17) is 5.73 Å². The number of hydrogen-bond donors (Lipinski definition) is 4. The second kappa shape index (κ2) is 11.4. The van der Waals surface area contributed by atoms with E-state index in [0.717, 1.165) is 17.1 Å². The first-order chi connectivity index (χ1) is 18.3. The lowest BCUT2D eigenvalue weighted by Gasteiger charge is -2.11. The van der Waals surface area contributed by atoms with Crippen LogP contribution < -0.4 is 21.7 Å². The van der Waals surface area contributed by atoms with Gasteiger partial charge >= 0.3 is 0 Å². The molecule has 0 bridgehead atoms. The van der Waals surface area contributed by atoms with Crippen LogP contribution in [0.3, 0.4) is 0 Å². The second-order valence-electron chi connectivity index (χ2n) is 8.43. The van der Waals surface area contributed by atoms with Crippen LogP contribution in [0.5, 0.6) is 0 Å². The quantitative estimate of drug-likeness (QED) is 0.143. The smallest absolute Gasteiger partial charge is 0.270 e. The van der Waals surface area contributed by atoms with Gasteiger partial charge in [-0.2, -0.15) is 4.98 Å². The molecule has 0 saturated heterocycles. The molecule has 0 radical (unpaired) electrons. The number of anilines is 6. The first-order valence-corrected chi connectivity index (χ1v) is 11.5. The third-order valence-electron chi connectivity index (χ3n) is 5.65. The lowest BCUT2D eigenvalue weighted by atomic mass is 10.1. The number of nitrogen functional groups attached to an aromatic ring is 1. The molecule has 2 heterocycles. The van der Waals surface area contributed by atoms with Crippen molar-refractivity contribution >= 4 is 69.4 Å². The molecule has 0 aliphatic heterocycles. The lowest BCUT2D eigenvalue weighted by molar-refractivity contribution is -0.384. The van der Waals surface area contributed by atoms with Crippen LogP contribution in [0, 0.1) is 17.0 Å². The van der Waals surface area contributed by atoms with Crippen molar-refractivity contribution in [2.24, 2.45) is 0 Å². The van der Waals surface area contributed by atoms with Crippen molar-refractivity contribution in [1.29, 1.82) is 0 Å². The number of benzene rings is 3. The van der Waals surface area contributed by atoms with Crippen LogP contribution in [0.15, 0.2) is 85.1 Å². The van der Waals surface area contributed by atoms with Gasteiger partial charge in [-0.3, -0.25) is 19.9 Å². The molecule has 11 nitrogen and oxygen atoms in total. The molecule has 0 saturated carbocycles. The molecule has 0 aliphatic rings. The number of aryl methyl sites for hydroxylation is 1. The third kappa shape index (κ3) is 6.35. The molecule has 0 fully saturated rings. The molecule has 0 aliphatic carbocycles. The number of nitro groups is 1. The fourth-order valence-electron chi connectivity index (χ4n) is 3.86. The Balaban J connectivity index is 0.00000353. The van der Waals surface area contributed by atoms with Gasteiger partial charge < -0.3 is 21.7 Å². The van der Waals surface area contributed by atoms with Crippen molar-refractivity contribution in [2.75, 3.05) is 21.7 Å². The number of nitrogens with two attached hydrogens (primary N) is 1. The Hall–Kier alpha value is -5.29. The summed E-state index contributed by atoms with van der Waals surface area (Å²) in [6, 6.07) is 22.2. The molecule has 2 aromatic heterocycles. The minimum absolute atomic E-state index is 0. The van der Waals surface area contributed by atoms with Gasteiger partial charge in [-0.05, 0) is 67.6 Å². The number of carbonyl (C=O) groups excluding carboxylic acids is 1. The fraction of sp³-hybridized carbons (Fsp3) is 0.0370. The van der Waals surface area contributed by atoms with E-state index in [1.807, 2.05) is 19.1 Å².